The van der Waals surface area contributed by atoms with Gasteiger partial charge in [-0.25, -0.2) is 4.57 Å². The third-order valence-corrected chi connectivity index (χ3v) is 11.5. The zero-order valence-corrected chi connectivity index (χ0v) is 35.4. The second-order valence-corrected chi connectivity index (χ2v) is 16.2. The van der Waals surface area contributed by atoms with Crippen molar-refractivity contribution < 1.29 is 14.0 Å². The van der Waals surface area contributed by atoms with Crippen molar-refractivity contribution in [1.29, 1.82) is 0 Å². The van der Waals surface area contributed by atoms with Crippen molar-refractivity contribution in [3.8, 4) is 11.5 Å². The van der Waals surface area contributed by atoms with E-state index in [1.165, 1.54) is 178 Å². The first-order valence-electron chi connectivity index (χ1n) is 22.5. The fourth-order valence-electron chi connectivity index (χ4n) is 8.20. The van der Waals surface area contributed by atoms with E-state index in [1.807, 2.05) is 6.07 Å². The molecule has 0 aliphatic rings. The van der Waals surface area contributed by atoms with Crippen LogP contribution in [0.4, 0.5) is 0 Å². The molecular weight excluding hydrogens is 645 g/mol. The molecule has 0 aliphatic carbocycles. The molecule has 0 amide bonds. The summed E-state index contributed by atoms with van der Waals surface area (Å²) in [4.78, 5) is 0. The van der Waals surface area contributed by atoms with E-state index in [-0.39, 0.29) is 0 Å². The Balaban J connectivity index is 0.000000834. The van der Waals surface area contributed by atoms with Crippen LogP contribution in [0.1, 0.15) is 173 Å². The van der Waals surface area contributed by atoms with Gasteiger partial charge in [-0.2, -0.15) is 25.3 Å². The molecule has 0 saturated heterocycles. The second-order valence-electron chi connectivity index (χ2n) is 16.2. The Hall–Kier alpha value is -2.75. The summed E-state index contributed by atoms with van der Waals surface area (Å²) in [7, 11) is 3.53. The number of benzene rings is 2. The lowest BCUT2D eigenvalue weighted by Crippen LogP contribution is -2.40. The molecule has 3 aromatic rings. The van der Waals surface area contributed by atoms with Crippen LogP contribution in [0, 0.1) is 0 Å². The van der Waals surface area contributed by atoms with Gasteiger partial charge >= 0.3 is 0 Å². The highest BCUT2D eigenvalue weighted by Gasteiger charge is 2.25. The molecule has 1 heterocycles. The number of aromatic nitrogens is 1. The average Bonchev–Trinajstić information content (AvgIpc) is 3.20. The van der Waals surface area contributed by atoms with Crippen molar-refractivity contribution in [2.24, 2.45) is 0 Å². The third kappa shape index (κ3) is 22.9. The Kier molecular flexibility index (Phi) is 27.7. The van der Waals surface area contributed by atoms with Crippen LogP contribution in [0.25, 0.3) is 0 Å². The highest BCUT2D eigenvalue weighted by Crippen LogP contribution is 2.32. The van der Waals surface area contributed by atoms with Crippen molar-refractivity contribution in [1.82, 2.24) is 0 Å². The summed E-state index contributed by atoms with van der Waals surface area (Å²) >= 11 is 0. The molecule has 0 bridgehead atoms. The van der Waals surface area contributed by atoms with Gasteiger partial charge in [-0.1, -0.05) is 197 Å². The van der Waals surface area contributed by atoms with Crippen LogP contribution in [-0.4, -0.2) is 20.4 Å². The highest BCUT2D eigenvalue weighted by molar-refractivity contribution is 6.78. The van der Waals surface area contributed by atoms with Gasteiger partial charge < -0.3 is 9.47 Å². The van der Waals surface area contributed by atoms with E-state index in [9.17, 15) is 0 Å². The summed E-state index contributed by atoms with van der Waals surface area (Å²) in [6, 6.07) is 24.1. The van der Waals surface area contributed by atoms with E-state index in [2.05, 4.69) is 98.4 Å². The Bertz CT molecular complexity index is 1140. The molecule has 0 atom stereocenters. The maximum atomic E-state index is 5.49. The monoisotopic (exact) mass is 728 g/mol. The number of unbranched alkanes of at least 4 members (excludes halogenated alkanes) is 19. The molecular formula is C49H82BNO2. The van der Waals surface area contributed by atoms with Gasteiger partial charge in [0.2, 0.25) is 0 Å². The minimum absolute atomic E-state index is 0.555. The van der Waals surface area contributed by atoms with Gasteiger partial charge in [-0.05, 0) is 24.3 Å². The van der Waals surface area contributed by atoms with Gasteiger partial charge in [0, 0.05) is 24.7 Å². The van der Waals surface area contributed by atoms with Crippen molar-refractivity contribution >= 4 is 6.15 Å². The van der Waals surface area contributed by atoms with E-state index in [0.717, 1.165) is 18.0 Å². The van der Waals surface area contributed by atoms with Gasteiger partial charge in [0.25, 0.3) is 0 Å². The molecule has 0 spiro atoms. The minimum Gasteiger partial charge on any atom is -0.497 e. The van der Waals surface area contributed by atoms with Crippen molar-refractivity contribution in [2.45, 2.75) is 194 Å². The molecule has 3 nitrogen and oxygen atoms in total. The van der Waals surface area contributed by atoms with Gasteiger partial charge in [0.15, 0.2) is 12.4 Å². The Labute approximate surface area is 329 Å². The van der Waals surface area contributed by atoms with E-state index < -0.39 is 6.15 Å². The zero-order valence-electron chi connectivity index (χ0n) is 35.4. The summed E-state index contributed by atoms with van der Waals surface area (Å²) in [6.45, 7) is 7.98. The van der Waals surface area contributed by atoms with Gasteiger partial charge in [0.05, 0.1) is 14.2 Å². The number of aryl methyl sites for hydroxylation is 1. The first kappa shape index (κ1) is 46.4. The molecule has 0 N–H and O–H groups in total. The summed E-state index contributed by atoms with van der Waals surface area (Å²) in [5.41, 5.74) is 2.96. The van der Waals surface area contributed by atoms with Crippen LogP contribution < -0.4 is 14.0 Å². The molecule has 3 rings (SSSR count). The van der Waals surface area contributed by atoms with E-state index in [4.69, 9.17) is 9.47 Å². The van der Waals surface area contributed by atoms with Crippen LogP contribution in [0.2, 0.25) is 12.6 Å². The van der Waals surface area contributed by atoms with Crippen LogP contribution in [-0.2, 0) is 19.2 Å². The lowest BCUT2D eigenvalue weighted by atomic mass is 9.17. The van der Waals surface area contributed by atoms with E-state index in [1.54, 1.807) is 14.2 Å². The van der Waals surface area contributed by atoms with Gasteiger partial charge in [0.1, 0.15) is 18.0 Å². The zero-order chi connectivity index (χ0) is 38.1. The molecule has 0 aliphatic heterocycles. The smallest absolute Gasteiger partial charge is 0.168 e. The van der Waals surface area contributed by atoms with Crippen LogP contribution in [0.5, 0.6) is 11.5 Å². The van der Waals surface area contributed by atoms with Gasteiger partial charge in [-0.15, -0.1) is 0 Å². The number of hydrogen-bond donors (Lipinski definition) is 0. The van der Waals surface area contributed by atoms with Crippen LogP contribution in [0.15, 0.2) is 79.1 Å². The highest BCUT2D eigenvalue weighted by atomic mass is 16.5. The Morgan fingerprint density at radius 2 is 0.755 bits per heavy atom. The number of ether oxygens (including phenoxy) is 2. The maximum absolute atomic E-state index is 5.49. The average molecular weight is 728 g/mol. The topological polar surface area (TPSA) is 22.3 Å². The molecule has 0 radical (unpaired) electrons. The molecule has 298 valence electrons. The number of rotatable bonds is 31. The van der Waals surface area contributed by atoms with Crippen molar-refractivity contribution in [3.63, 3.8) is 0 Å². The van der Waals surface area contributed by atoms with Gasteiger partial charge in [-0.3, -0.25) is 0 Å². The molecule has 0 saturated carbocycles. The minimum atomic E-state index is -0.555. The first-order chi connectivity index (χ1) is 26.1. The maximum Gasteiger partial charge on any atom is 0.168 e. The predicted octanol–water partition coefficient (Wildman–Crippen LogP) is 14.6. The molecule has 1 aromatic heterocycles. The lowest BCUT2D eigenvalue weighted by molar-refractivity contribution is -0.697. The summed E-state index contributed by atoms with van der Waals surface area (Å²) in [5, 5.41) is 0. The first-order valence-corrected chi connectivity index (χ1v) is 22.5. The number of nitrogens with zero attached hydrogens (tertiary/aromatic N) is 1. The number of methoxy groups -OCH3 is 2. The SMILES string of the molecule is CCCCCCCCCCCC[B-](CCCCCCCCCCCC)(Cc1ccc(OC)cc1)Cc1ccc(OC)cc1.CCCC[n+]1ccccc1. The molecule has 4 heteroatoms. The largest absolute Gasteiger partial charge is 0.497 e. The fourth-order valence-corrected chi connectivity index (χ4v) is 8.20. The van der Waals surface area contributed by atoms with Crippen molar-refractivity contribution in [2.75, 3.05) is 14.2 Å². The van der Waals surface area contributed by atoms with E-state index in [0.29, 0.717) is 0 Å². The summed E-state index contributed by atoms with van der Waals surface area (Å²) < 4.78 is 13.2. The standard InChI is InChI=1S/C40H68BO2.C9H14N/c1-5-7-9-11-13-15-17-19-21-23-33-41(35-37-25-29-39(42-3)30-26-37,36-38-27-31-40(43-4)32-28-38)34-24-22-20-18-16-14-12-10-8-6-2;1-2-3-7-10-8-5-4-6-9-10/h25-32H,5-24,33-36H2,1-4H3;4-6,8-9H,2-3,7H2,1H3/q-1;+1. The second kappa shape index (κ2) is 31.6. The fraction of sp³-hybridized carbons (Fsp3) is 0.653. The third-order valence-electron chi connectivity index (χ3n) is 11.5. The van der Waals surface area contributed by atoms with Crippen molar-refractivity contribution in [3.05, 3.63) is 90.3 Å². The quantitative estimate of drug-likeness (QED) is 0.0374. The molecule has 0 unspecified atom stereocenters. The normalized spacial score (nSPS) is 11.3. The molecule has 2 aromatic carbocycles. The van der Waals surface area contributed by atoms with Crippen LogP contribution in [0.3, 0.4) is 0 Å². The Morgan fingerprint density at radius 1 is 0.415 bits per heavy atom. The van der Waals surface area contributed by atoms with Crippen LogP contribution >= 0.6 is 0 Å². The lowest BCUT2D eigenvalue weighted by Gasteiger charge is -2.41. The Morgan fingerprint density at radius 3 is 1.09 bits per heavy atom. The van der Waals surface area contributed by atoms with E-state index >= 15 is 0 Å². The molecule has 0 fully saturated rings. The predicted molar refractivity (Wildman–Crippen MR) is 234 cm³/mol. The summed E-state index contributed by atoms with van der Waals surface area (Å²) in [6.07, 6.45) is 39.5. The molecule has 53 heavy (non-hydrogen) atoms. The summed E-state index contributed by atoms with van der Waals surface area (Å²) in [5.74, 6) is 1.92. The number of pyridine rings is 1. The number of hydrogen-bond acceptors (Lipinski definition) is 2.